The molecule has 66 valence electrons. The van der Waals surface area contributed by atoms with Crippen molar-refractivity contribution in [3.8, 4) is 0 Å². The number of nitrogens with one attached hydrogen (secondary N) is 1. The predicted octanol–water partition coefficient (Wildman–Crippen LogP) is 2.51. The molecule has 0 atom stereocenters. The van der Waals surface area contributed by atoms with Crippen molar-refractivity contribution in [2.24, 2.45) is 0 Å². The third-order valence-electron chi connectivity index (χ3n) is 1.38. The fourth-order valence-corrected chi connectivity index (χ4v) is 1.44. The van der Waals surface area contributed by atoms with E-state index < -0.39 is 0 Å². The summed E-state index contributed by atoms with van der Waals surface area (Å²) in [6.45, 7) is 2.78. The zero-order valence-electron chi connectivity index (χ0n) is 6.56. The van der Waals surface area contributed by atoms with Crippen molar-refractivity contribution in [2.45, 2.75) is 6.92 Å². The molecule has 0 unspecified atom stereocenters. The van der Waals surface area contributed by atoms with Gasteiger partial charge in [-0.1, -0.05) is 11.6 Å². The summed E-state index contributed by atoms with van der Waals surface area (Å²) in [5, 5.41) is 3.42. The van der Waals surface area contributed by atoms with Gasteiger partial charge in [0.15, 0.2) is 5.15 Å². The van der Waals surface area contributed by atoms with E-state index in [1.165, 1.54) is 0 Å². The highest BCUT2D eigenvalue weighted by Crippen LogP contribution is 2.31. The molecule has 0 fully saturated rings. The number of rotatable bonds is 2. The molecule has 0 aromatic carbocycles. The van der Waals surface area contributed by atoms with Gasteiger partial charge in [0, 0.05) is 12.7 Å². The van der Waals surface area contributed by atoms with Crippen LogP contribution < -0.4 is 11.1 Å². The van der Waals surface area contributed by atoms with Gasteiger partial charge in [0.2, 0.25) is 0 Å². The number of hydrogen-bond donors (Lipinski definition) is 2. The maximum atomic E-state index is 5.72. The van der Waals surface area contributed by atoms with Crippen LogP contribution in [0, 0.1) is 0 Å². The van der Waals surface area contributed by atoms with E-state index in [0.717, 1.165) is 16.7 Å². The lowest BCUT2D eigenvalue weighted by Crippen LogP contribution is -2.03. The molecular weight excluding hydrogens is 241 g/mol. The molecule has 0 bridgehead atoms. The minimum atomic E-state index is 0.328. The Morgan fingerprint density at radius 1 is 1.75 bits per heavy atom. The van der Waals surface area contributed by atoms with Gasteiger partial charge in [-0.15, -0.1) is 0 Å². The molecule has 0 aliphatic heterocycles. The lowest BCUT2D eigenvalue weighted by molar-refractivity contribution is 1.19. The molecule has 0 saturated carbocycles. The molecule has 5 heteroatoms. The second-order valence-electron chi connectivity index (χ2n) is 2.22. The summed E-state index contributed by atoms with van der Waals surface area (Å²) in [5.41, 5.74) is 6.97. The molecule has 0 aliphatic carbocycles. The monoisotopic (exact) mass is 249 g/mol. The summed E-state index contributed by atoms with van der Waals surface area (Å²) in [6, 6.07) is 0. The Kier molecular flexibility index (Phi) is 3.17. The van der Waals surface area contributed by atoms with E-state index in [1.54, 1.807) is 6.20 Å². The van der Waals surface area contributed by atoms with E-state index in [9.17, 15) is 0 Å². The maximum absolute atomic E-state index is 5.72. The first kappa shape index (κ1) is 9.61. The lowest BCUT2D eigenvalue weighted by atomic mass is 10.3. The quantitative estimate of drug-likeness (QED) is 0.793. The Morgan fingerprint density at radius 2 is 2.42 bits per heavy atom. The summed E-state index contributed by atoms with van der Waals surface area (Å²) < 4.78 is 0.825. The van der Waals surface area contributed by atoms with E-state index in [-0.39, 0.29) is 0 Å². The minimum absolute atomic E-state index is 0.328. The van der Waals surface area contributed by atoms with Crippen molar-refractivity contribution in [2.75, 3.05) is 17.6 Å². The highest BCUT2D eigenvalue weighted by atomic mass is 79.9. The number of halogens is 2. The zero-order valence-corrected chi connectivity index (χ0v) is 8.91. The van der Waals surface area contributed by atoms with Crippen molar-refractivity contribution >= 4 is 38.9 Å². The zero-order chi connectivity index (χ0) is 9.14. The highest BCUT2D eigenvalue weighted by molar-refractivity contribution is 9.10. The van der Waals surface area contributed by atoms with Gasteiger partial charge in [-0.3, -0.25) is 0 Å². The number of nitrogen functional groups attached to an aromatic ring is 1. The first-order chi connectivity index (χ1) is 5.66. The molecule has 1 heterocycles. The fraction of sp³-hybridized carbons (Fsp3) is 0.286. The molecule has 1 rings (SSSR count). The van der Waals surface area contributed by atoms with Crippen LogP contribution in [0.3, 0.4) is 0 Å². The maximum Gasteiger partial charge on any atom is 0.154 e. The molecule has 1 aromatic heterocycles. The number of nitrogens with zero attached hydrogens (tertiary/aromatic N) is 1. The number of aromatic nitrogens is 1. The van der Waals surface area contributed by atoms with Gasteiger partial charge in [0.25, 0.3) is 0 Å². The summed E-state index contributed by atoms with van der Waals surface area (Å²) in [7, 11) is 0. The Hall–Kier alpha value is -0.480. The molecule has 1 aromatic rings. The number of nitrogens with two attached hydrogens (primary N) is 1. The van der Waals surface area contributed by atoms with E-state index >= 15 is 0 Å². The van der Waals surface area contributed by atoms with Crippen LogP contribution in [0.4, 0.5) is 11.4 Å². The fourth-order valence-electron chi connectivity index (χ4n) is 0.836. The van der Waals surface area contributed by atoms with Crippen LogP contribution in [0.2, 0.25) is 5.15 Å². The minimum Gasteiger partial charge on any atom is -0.395 e. The largest absolute Gasteiger partial charge is 0.395 e. The van der Waals surface area contributed by atoms with E-state index in [4.69, 9.17) is 17.3 Å². The Morgan fingerprint density at radius 3 is 3.00 bits per heavy atom. The summed E-state index contributed by atoms with van der Waals surface area (Å²) in [6.07, 6.45) is 1.62. The van der Waals surface area contributed by atoms with Crippen molar-refractivity contribution in [1.82, 2.24) is 4.98 Å². The second-order valence-corrected chi connectivity index (χ2v) is 3.43. The Balaban J connectivity index is 3.14. The molecule has 3 N–H and O–H groups in total. The Bertz CT molecular complexity index is 290. The van der Waals surface area contributed by atoms with Crippen LogP contribution in [0.25, 0.3) is 0 Å². The van der Waals surface area contributed by atoms with Crippen LogP contribution in [-0.4, -0.2) is 11.5 Å². The summed E-state index contributed by atoms with van der Waals surface area (Å²) in [5.74, 6) is 0. The third kappa shape index (κ3) is 1.81. The second kappa shape index (κ2) is 3.96. The summed E-state index contributed by atoms with van der Waals surface area (Å²) >= 11 is 9.04. The molecule has 0 amide bonds. The molecule has 3 nitrogen and oxygen atoms in total. The van der Waals surface area contributed by atoms with Gasteiger partial charge < -0.3 is 11.1 Å². The van der Waals surface area contributed by atoms with Crippen molar-refractivity contribution in [1.29, 1.82) is 0 Å². The molecule has 0 radical (unpaired) electrons. The van der Waals surface area contributed by atoms with Gasteiger partial charge in [-0.25, -0.2) is 4.98 Å². The van der Waals surface area contributed by atoms with Crippen molar-refractivity contribution in [3.05, 3.63) is 15.8 Å². The van der Waals surface area contributed by atoms with Gasteiger partial charge >= 0.3 is 0 Å². The number of pyridine rings is 1. The first-order valence-corrected chi connectivity index (χ1v) is 4.67. The van der Waals surface area contributed by atoms with Crippen LogP contribution in [0.1, 0.15) is 6.92 Å². The van der Waals surface area contributed by atoms with Crippen LogP contribution >= 0.6 is 27.5 Å². The molecular formula is C7H9BrClN3. The topological polar surface area (TPSA) is 50.9 Å². The van der Waals surface area contributed by atoms with Gasteiger partial charge in [0.05, 0.1) is 15.8 Å². The molecule has 12 heavy (non-hydrogen) atoms. The van der Waals surface area contributed by atoms with Crippen LogP contribution in [0.5, 0.6) is 0 Å². The number of hydrogen-bond acceptors (Lipinski definition) is 3. The first-order valence-electron chi connectivity index (χ1n) is 3.50. The highest BCUT2D eigenvalue weighted by Gasteiger charge is 2.07. The SMILES string of the molecule is CCNc1c(Br)cnc(Cl)c1N. The van der Waals surface area contributed by atoms with Crippen molar-refractivity contribution in [3.63, 3.8) is 0 Å². The molecule has 0 saturated heterocycles. The smallest absolute Gasteiger partial charge is 0.154 e. The predicted molar refractivity (Wildman–Crippen MR) is 55.5 cm³/mol. The van der Waals surface area contributed by atoms with E-state index in [0.29, 0.717) is 10.8 Å². The summed E-state index contributed by atoms with van der Waals surface area (Å²) in [4.78, 5) is 3.87. The lowest BCUT2D eigenvalue weighted by Gasteiger charge is -2.09. The van der Waals surface area contributed by atoms with Gasteiger partial charge in [-0.2, -0.15) is 0 Å². The molecule has 0 spiro atoms. The van der Waals surface area contributed by atoms with Gasteiger partial charge in [-0.05, 0) is 22.9 Å². The van der Waals surface area contributed by atoms with E-state index in [1.807, 2.05) is 6.92 Å². The average molecular weight is 251 g/mol. The van der Waals surface area contributed by atoms with E-state index in [2.05, 4.69) is 26.2 Å². The normalized spacial score (nSPS) is 9.92. The average Bonchev–Trinajstić information content (AvgIpc) is 2.06. The number of anilines is 2. The van der Waals surface area contributed by atoms with Crippen LogP contribution in [0.15, 0.2) is 10.7 Å². The standard InChI is InChI=1S/C7H9BrClN3/c1-2-11-6-4(8)3-12-7(9)5(6)10/h3H,2,10H2,1H3,(H,11,12). The molecule has 0 aliphatic rings. The van der Waals surface area contributed by atoms with Crippen molar-refractivity contribution < 1.29 is 0 Å². The Labute approximate surface area is 84.4 Å². The van der Waals surface area contributed by atoms with Gasteiger partial charge in [0.1, 0.15) is 0 Å². The third-order valence-corrected chi connectivity index (χ3v) is 2.28. The van der Waals surface area contributed by atoms with Crippen LogP contribution in [-0.2, 0) is 0 Å².